The van der Waals surface area contributed by atoms with Gasteiger partial charge in [-0.3, -0.25) is 0 Å². The lowest BCUT2D eigenvalue weighted by Gasteiger charge is -1.84. The molecular weight excluding hydrogens is 108 g/mol. The van der Waals surface area contributed by atoms with E-state index in [0.29, 0.717) is 0 Å². The molecule has 0 aliphatic heterocycles. The Hall–Kier alpha value is 0. The molecule has 0 heterocycles. The number of hydrogen-bond acceptors (Lipinski definition) is 0. The van der Waals surface area contributed by atoms with E-state index in [-0.39, 0.29) is 0 Å². The SMILES string of the molecule is C1CC12CC21CC12CC2. The van der Waals surface area contributed by atoms with E-state index >= 15 is 0 Å². The Morgan fingerprint density at radius 2 is 1.11 bits per heavy atom. The fraction of sp³-hybridized carbons (Fsp3) is 1.00. The predicted octanol–water partition coefficient (Wildman–Crippen LogP) is 2.34. The van der Waals surface area contributed by atoms with E-state index in [1.807, 2.05) is 0 Å². The van der Waals surface area contributed by atoms with Crippen molar-refractivity contribution < 1.29 is 0 Å². The molecule has 4 rings (SSSR count). The molecule has 0 aromatic heterocycles. The van der Waals surface area contributed by atoms with Gasteiger partial charge in [0.2, 0.25) is 0 Å². The zero-order chi connectivity index (χ0) is 5.74. The van der Waals surface area contributed by atoms with E-state index in [1.165, 1.54) is 0 Å². The van der Waals surface area contributed by atoms with Crippen LogP contribution in [0.5, 0.6) is 0 Å². The first-order chi connectivity index (χ1) is 4.33. The molecule has 4 aliphatic rings. The Morgan fingerprint density at radius 1 is 0.667 bits per heavy atom. The molecule has 0 amide bonds. The van der Waals surface area contributed by atoms with E-state index in [4.69, 9.17) is 0 Å². The van der Waals surface area contributed by atoms with Crippen molar-refractivity contribution in [1.82, 2.24) is 0 Å². The minimum atomic E-state index is 1.00. The lowest BCUT2D eigenvalue weighted by atomic mass is 10.2. The standard InChI is InChI=1S/C9H12/c1-2-7(1)5-9(7)6-8(9)3-4-8/h1-6H2. The summed E-state index contributed by atoms with van der Waals surface area (Å²) in [4.78, 5) is 0. The lowest BCUT2D eigenvalue weighted by molar-refractivity contribution is 0.622. The van der Waals surface area contributed by atoms with Gasteiger partial charge < -0.3 is 0 Å². The molecule has 0 aromatic carbocycles. The van der Waals surface area contributed by atoms with Gasteiger partial charge in [-0.05, 0) is 54.8 Å². The monoisotopic (exact) mass is 120 g/mol. The number of hydrogen-bond donors (Lipinski definition) is 0. The van der Waals surface area contributed by atoms with Crippen molar-refractivity contribution in [2.24, 2.45) is 16.2 Å². The number of fused-ring (bicyclic) bond motifs is 2. The maximum atomic E-state index is 1.65. The van der Waals surface area contributed by atoms with Gasteiger partial charge in [-0.25, -0.2) is 0 Å². The average molecular weight is 120 g/mol. The van der Waals surface area contributed by atoms with Gasteiger partial charge in [0.25, 0.3) is 0 Å². The highest BCUT2D eigenvalue weighted by Gasteiger charge is 2.92. The summed E-state index contributed by atoms with van der Waals surface area (Å²) in [6.07, 6.45) is 9.73. The Bertz CT molecular complexity index is 182. The highest BCUT2D eigenvalue weighted by molar-refractivity contribution is 5.41. The van der Waals surface area contributed by atoms with Crippen molar-refractivity contribution in [2.75, 3.05) is 0 Å². The summed E-state index contributed by atoms with van der Waals surface area (Å²) in [6, 6.07) is 0. The molecule has 0 aromatic rings. The Balaban J connectivity index is 1.85. The van der Waals surface area contributed by atoms with Crippen LogP contribution in [-0.2, 0) is 0 Å². The van der Waals surface area contributed by atoms with Crippen LogP contribution in [0.15, 0.2) is 0 Å². The van der Waals surface area contributed by atoms with Crippen LogP contribution in [0, 0.1) is 16.2 Å². The topological polar surface area (TPSA) is 0 Å². The van der Waals surface area contributed by atoms with Gasteiger partial charge >= 0.3 is 0 Å². The van der Waals surface area contributed by atoms with Crippen LogP contribution in [0.1, 0.15) is 38.5 Å². The Labute approximate surface area is 55.6 Å². The number of rotatable bonds is 0. The molecule has 4 aliphatic carbocycles. The minimum absolute atomic E-state index is 1.00. The normalized spacial score (nSPS) is 48.0. The predicted molar refractivity (Wildman–Crippen MR) is 35.0 cm³/mol. The van der Waals surface area contributed by atoms with Crippen molar-refractivity contribution in [3.8, 4) is 0 Å². The molecule has 0 nitrogen and oxygen atoms in total. The average Bonchev–Trinajstić information content (AvgIpc) is 2.65. The first-order valence-corrected chi connectivity index (χ1v) is 4.33. The fourth-order valence-electron chi connectivity index (χ4n) is 3.68. The van der Waals surface area contributed by atoms with Crippen LogP contribution < -0.4 is 0 Å². The summed E-state index contributed by atoms with van der Waals surface area (Å²) in [6.45, 7) is 0. The third kappa shape index (κ3) is 0.222. The quantitative estimate of drug-likeness (QED) is 0.460. The Kier molecular flexibility index (Phi) is 0.302. The molecule has 4 saturated carbocycles. The maximum Gasteiger partial charge on any atom is -0.0173 e. The summed E-state index contributed by atoms with van der Waals surface area (Å²) in [5, 5.41) is 0. The zero-order valence-electron chi connectivity index (χ0n) is 5.74. The van der Waals surface area contributed by atoms with Gasteiger partial charge in [0, 0.05) is 0 Å². The minimum Gasteiger partial charge on any atom is -0.0465 e. The molecule has 0 saturated heterocycles. The second kappa shape index (κ2) is 0.681. The smallest absolute Gasteiger partial charge is 0.0173 e. The van der Waals surface area contributed by atoms with Crippen LogP contribution in [0.3, 0.4) is 0 Å². The van der Waals surface area contributed by atoms with Crippen molar-refractivity contribution in [1.29, 1.82) is 0 Å². The van der Waals surface area contributed by atoms with Gasteiger partial charge in [-0.2, -0.15) is 0 Å². The van der Waals surface area contributed by atoms with E-state index in [9.17, 15) is 0 Å². The molecule has 0 radical (unpaired) electrons. The van der Waals surface area contributed by atoms with Crippen LogP contribution in [0.25, 0.3) is 0 Å². The summed E-state index contributed by atoms with van der Waals surface area (Å²) >= 11 is 0. The second-order valence-corrected chi connectivity index (χ2v) is 5.00. The maximum absolute atomic E-state index is 1.65. The van der Waals surface area contributed by atoms with Crippen molar-refractivity contribution in [2.45, 2.75) is 38.5 Å². The highest BCUT2D eigenvalue weighted by atomic mass is 15.0. The molecule has 0 N–H and O–H groups in total. The zero-order valence-corrected chi connectivity index (χ0v) is 5.74. The third-order valence-electron chi connectivity index (χ3n) is 4.77. The van der Waals surface area contributed by atoms with Crippen LogP contribution in [-0.4, -0.2) is 0 Å². The lowest BCUT2D eigenvalue weighted by Crippen LogP contribution is -1.80. The fourth-order valence-corrected chi connectivity index (χ4v) is 3.68. The van der Waals surface area contributed by atoms with E-state index in [0.717, 1.165) is 16.2 Å². The molecule has 3 spiro atoms. The molecule has 4 fully saturated rings. The van der Waals surface area contributed by atoms with Gasteiger partial charge in [0.1, 0.15) is 0 Å². The molecular formula is C9H12. The molecule has 48 valence electrons. The van der Waals surface area contributed by atoms with Crippen LogP contribution in [0.2, 0.25) is 0 Å². The van der Waals surface area contributed by atoms with E-state index in [1.54, 1.807) is 38.5 Å². The van der Waals surface area contributed by atoms with Crippen LogP contribution in [0.4, 0.5) is 0 Å². The summed E-state index contributed by atoms with van der Waals surface area (Å²) in [5.41, 5.74) is 3.02. The summed E-state index contributed by atoms with van der Waals surface area (Å²) in [7, 11) is 0. The first kappa shape index (κ1) is 4.00. The molecule has 0 atom stereocenters. The first-order valence-electron chi connectivity index (χ1n) is 4.33. The van der Waals surface area contributed by atoms with Gasteiger partial charge in [0.15, 0.2) is 0 Å². The second-order valence-electron chi connectivity index (χ2n) is 5.00. The van der Waals surface area contributed by atoms with Gasteiger partial charge in [0.05, 0.1) is 0 Å². The Morgan fingerprint density at radius 3 is 1.33 bits per heavy atom. The van der Waals surface area contributed by atoms with Crippen molar-refractivity contribution >= 4 is 0 Å². The largest absolute Gasteiger partial charge is 0.0465 e. The van der Waals surface area contributed by atoms with E-state index < -0.39 is 0 Å². The van der Waals surface area contributed by atoms with Gasteiger partial charge in [-0.15, -0.1) is 0 Å². The van der Waals surface area contributed by atoms with Gasteiger partial charge in [-0.1, -0.05) is 0 Å². The van der Waals surface area contributed by atoms with Crippen molar-refractivity contribution in [3.63, 3.8) is 0 Å². The van der Waals surface area contributed by atoms with Crippen LogP contribution >= 0.6 is 0 Å². The van der Waals surface area contributed by atoms with Crippen molar-refractivity contribution in [3.05, 3.63) is 0 Å². The molecule has 0 bridgehead atoms. The molecule has 9 heavy (non-hydrogen) atoms. The van der Waals surface area contributed by atoms with E-state index in [2.05, 4.69) is 0 Å². The summed E-state index contributed by atoms with van der Waals surface area (Å²) in [5.74, 6) is 0. The highest BCUT2D eigenvalue weighted by Crippen LogP contribution is 3.01. The third-order valence-corrected chi connectivity index (χ3v) is 4.77. The molecule has 0 unspecified atom stereocenters. The molecule has 0 heteroatoms. The summed E-state index contributed by atoms with van der Waals surface area (Å²) < 4.78 is 0.